The Morgan fingerprint density at radius 2 is 2.00 bits per heavy atom. The average molecular weight is 525 g/mol. The normalized spacial score (nSPS) is 22.5. The lowest BCUT2D eigenvalue weighted by Crippen LogP contribution is -2.43. The molecule has 162 valence electrons. The van der Waals surface area contributed by atoms with E-state index < -0.39 is 12.7 Å². The Kier molecular flexibility index (Phi) is 8.56. The fourth-order valence-electron chi connectivity index (χ4n) is 3.84. The Morgan fingerprint density at radius 1 is 1.28 bits per heavy atom. The van der Waals surface area contributed by atoms with Crippen LogP contribution in [0, 0.1) is 5.92 Å². The summed E-state index contributed by atoms with van der Waals surface area (Å²) in [5, 5.41) is 9.32. The largest absolute Gasteiger partial charge is 0.401 e. The Bertz CT molecular complexity index is 728. The van der Waals surface area contributed by atoms with Crippen molar-refractivity contribution in [2.45, 2.75) is 24.9 Å². The van der Waals surface area contributed by atoms with Crippen LogP contribution in [0.5, 0.6) is 0 Å². The quantitative estimate of drug-likeness (QED) is 0.315. The van der Waals surface area contributed by atoms with Gasteiger partial charge in [0.05, 0.1) is 6.54 Å². The molecule has 1 aromatic rings. The summed E-state index contributed by atoms with van der Waals surface area (Å²) in [5.74, 6) is 0.779. The van der Waals surface area contributed by atoms with Crippen LogP contribution in [0.2, 0.25) is 0 Å². The molecule has 0 aliphatic carbocycles. The molecule has 2 unspecified atom stereocenters. The van der Waals surface area contributed by atoms with Crippen molar-refractivity contribution in [1.82, 2.24) is 15.5 Å². The molecule has 2 heterocycles. The number of para-hydroxylation sites is 1. The van der Waals surface area contributed by atoms with Crippen LogP contribution in [0.25, 0.3) is 0 Å². The molecule has 1 saturated heterocycles. The van der Waals surface area contributed by atoms with Crippen molar-refractivity contribution in [2.75, 3.05) is 45.1 Å². The molecule has 1 amide bonds. The predicted molar refractivity (Wildman–Crippen MR) is 118 cm³/mol. The van der Waals surface area contributed by atoms with Crippen molar-refractivity contribution in [1.29, 1.82) is 0 Å². The number of fused-ring (bicyclic) bond motifs is 1. The summed E-state index contributed by atoms with van der Waals surface area (Å²) in [7, 11) is 1.65. The van der Waals surface area contributed by atoms with Crippen LogP contribution >= 0.6 is 24.0 Å². The minimum absolute atomic E-state index is 0. The molecule has 1 fully saturated rings. The SMILES string of the molecule is CN=C(NCC1CCN(CC(F)(F)F)C1)NCC1CC(=O)Nc2ccccc21.I. The summed E-state index contributed by atoms with van der Waals surface area (Å²) in [6.07, 6.45) is -3.02. The molecule has 1 aromatic carbocycles. The number of likely N-dealkylation sites (tertiary alicyclic amines) is 1. The van der Waals surface area contributed by atoms with Crippen molar-refractivity contribution in [3.05, 3.63) is 29.8 Å². The van der Waals surface area contributed by atoms with Gasteiger partial charge in [0.15, 0.2) is 5.96 Å². The maximum absolute atomic E-state index is 12.5. The number of aliphatic imine (C=N–C) groups is 1. The lowest BCUT2D eigenvalue weighted by Gasteiger charge is -2.26. The molecule has 6 nitrogen and oxygen atoms in total. The standard InChI is InChI=1S/C19H26F3N5O.HI/c1-23-18(24-9-13-6-7-27(11-13)12-19(20,21)22)25-10-14-8-17(28)26-16-5-3-2-4-15(14)16;/h2-5,13-14H,6-12H2,1H3,(H,26,28)(H2,23,24,25);1H. The molecule has 10 heteroatoms. The Morgan fingerprint density at radius 3 is 2.72 bits per heavy atom. The van der Waals surface area contributed by atoms with E-state index in [-0.39, 0.29) is 41.7 Å². The summed E-state index contributed by atoms with van der Waals surface area (Å²) in [6, 6.07) is 7.73. The summed E-state index contributed by atoms with van der Waals surface area (Å²) in [6.45, 7) is 1.16. The van der Waals surface area contributed by atoms with Crippen LogP contribution in [0.1, 0.15) is 24.3 Å². The number of anilines is 1. The zero-order valence-electron chi connectivity index (χ0n) is 16.3. The Hall–Kier alpha value is -1.56. The number of halogens is 4. The van der Waals surface area contributed by atoms with Gasteiger partial charge in [0.1, 0.15) is 0 Å². The number of nitrogens with one attached hydrogen (secondary N) is 3. The van der Waals surface area contributed by atoms with Gasteiger partial charge in [-0.1, -0.05) is 18.2 Å². The first kappa shape index (κ1) is 23.7. The minimum atomic E-state index is -4.15. The van der Waals surface area contributed by atoms with E-state index in [1.165, 1.54) is 4.90 Å². The number of rotatable bonds is 5. The van der Waals surface area contributed by atoms with Gasteiger partial charge in [0.2, 0.25) is 5.91 Å². The highest BCUT2D eigenvalue weighted by molar-refractivity contribution is 14.0. The second kappa shape index (κ2) is 10.5. The number of alkyl halides is 3. The van der Waals surface area contributed by atoms with Gasteiger partial charge in [0.25, 0.3) is 0 Å². The van der Waals surface area contributed by atoms with Gasteiger partial charge < -0.3 is 16.0 Å². The van der Waals surface area contributed by atoms with E-state index in [1.54, 1.807) is 7.05 Å². The highest BCUT2D eigenvalue weighted by Crippen LogP contribution is 2.31. The van der Waals surface area contributed by atoms with Crippen LogP contribution in [-0.4, -0.2) is 62.7 Å². The monoisotopic (exact) mass is 525 g/mol. The van der Waals surface area contributed by atoms with E-state index in [1.807, 2.05) is 24.3 Å². The van der Waals surface area contributed by atoms with Gasteiger partial charge in [0, 0.05) is 44.7 Å². The molecular formula is C19H27F3IN5O. The molecule has 3 rings (SSSR count). The number of carbonyl (C=O) groups excluding carboxylic acids is 1. The number of hydrogen-bond donors (Lipinski definition) is 3. The van der Waals surface area contributed by atoms with Crippen LogP contribution in [-0.2, 0) is 4.79 Å². The molecular weight excluding hydrogens is 498 g/mol. The van der Waals surface area contributed by atoms with Crippen molar-refractivity contribution < 1.29 is 18.0 Å². The number of nitrogens with zero attached hydrogens (tertiary/aromatic N) is 2. The predicted octanol–water partition coefficient (Wildman–Crippen LogP) is 2.78. The molecule has 0 spiro atoms. The number of carbonyl (C=O) groups is 1. The third-order valence-electron chi connectivity index (χ3n) is 5.18. The smallest absolute Gasteiger partial charge is 0.356 e. The lowest BCUT2D eigenvalue weighted by atomic mass is 9.90. The second-order valence-electron chi connectivity index (χ2n) is 7.38. The second-order valence-corrected chi connectivity index (χ2v) is 7.38. The topological polar surface area (TPSA) is 68.8 Å². The van der Waals surface area contributed by atoms with Crippen LogP contribution in [0.4, 0.5) is 18.9 Å². The third kappa shape index (κ3) is 7.02. The fraction of sp³-hybridized carbons (Fsp3) is 0.579. The maximum Gasteiger partial charge on any atom is 0.401 e. The van der Waals surface area contributed by atoms with Crippen LogP contribution in [0.3, 0.4) is 0 Å². The Balaban J connectivity index is 0.00000300. The summed E-state index contributed by atoms with van der Waals surface area (Å²) in [5.41, 5.74) is 1.92. The first-order valence-electron chi connectivity index (χ1n) is 9.46. The molecule has 2 aliphatic rings. The molecule has 29 heavy (non-hydrogen) atoms. The molecule has 0 radical (unpaired) electrons. The van der Waals surface area contributed by atoms with Crippen molar-refractivity contribution >= 4 is 41.5 Å². The van der Waals surface area contributed by atoms with E-state index in [0.29, 0.717) is 38.6 Å². The Labute approximate surface area is 185 Å². The van der Waals surface area contributed by atoms with Crippen LogP contribution in [0.15, 0.2) is 29.3 Å². The van der Waals surface area contributed by atoms with Crippen molar-refractivity contribution in [3.63, 3.8) is 0 Å². The van der Waals surface area contributed by atoms with Gasteiger partial charge in [-0.3, -0.25) is 14.7 Å². The first-order chi connectivity index (χ1) is 13.3. The van der Waals surface area contributed by atoms with Gasteiger partial charge in [-0.2, -0.15) is 13.2 Å². The lowest BCUT2D eigenvalue weighted by molar-refractivity contribution is -0.143. The molecule has 2 aliphatic heterocycles. The number of guanidine groups is 1. The average Bonchev–Trinajstić information content (AvgIpc) is 3.07. The van der Waals surface area contributed by atoms with E-state index in [2.05, 4.69) is 20.9 Å². The van der Waals surface area contributed by atoms with E-state index >= 15 is 0 Å². The summed E-state index contributed by atoms with van der Waals surface area (Å²) in [4.78, 5) is 17.5. The van der Waals surface area contributed by atoms with E-state index in [9.17, 15) is 18.0 Å². The molecule has 0 aromatic heterocycles. The highest BCUT2D eigenvalue weighted by Gasteiger charge is 2.34. The van der Waals surface area contributed by atoms with Crippen molar-refractivity contribution in [3.8, 4) is 0 Å². The maximum atomic E-state index is 12.5. The van der Waals surface area contributed by atoms with Gasteiger partial charge in [-0.15, -0.1) is 24.0 Å². The van der Waals surface area contributed by atoms with E-state index in [0.717, 1.165) is 17.7 Å². The van der Waals surface area contributed by atoms with Gasteiger partial charge in [-0.05, 0) is 30.5 Å². The summed E-state index contributed by atoms with van der Waals surface area (Å²) < 4.78 is 37.5. The molecule has 0 bridgehead atoms. The zero-order valence-corrected chi connectivity index (χ0v) is 18.6. The minimum Gasteiger partial charge on any atom is -0.356 e. The van der Waals surface area contributed by atoms with E-state index in [4.69, 9.17) is 0 Å². The third-order valence-corrected chi connectivity index (χ3v) is 5.18. The number of benzene rings is 1. The number of amides is 1. The highest BCUT2D eigenvalue weighted by atomic mass is 127. The van der Waals surface area contributed by atoms with Gasteiger partial charge >= 0.3 is 6.18 Å². The number of hydrogen-bond acceptors (Lipinski definition) is 3. The zero-order chi connectivity index (χ0) is 20.1. The van der Waals surface area contributed by atoms with Gasteiger partial charge in [-0.25, -0.2) is 0 Å². The molecule has 0 saturated carbocycles. The summed E-state index contributed by atoms with van der Waals surface area (Å²) >= 11 is 0. The van der Waals surface area contributed by atoms with Crippen molar-refractivity contribution in [2.24, 2.45) is 10.9 Å². The van der Waals surface area contributed by atoms with Crippen LogP contribution < -0.4 is 16.0 Å². The first-order valence-corrected chi connectivity index (χ1v) is 9.46. The fourth-order valence-corrected chi connectivity index (χ4v) is 3.84. The molecule has 2 atom stereocenters. The molecule has 3 N–H and O–H groups in total.